The standard InChI is InChI=1S/C29H30ClFN6O3/c1-35-11-12-37(28(35)40)25-22(31)15-21(17-5-3-2-4-6-17)26(38)29(25,30)19-13-23(34-27(39)18-7-8-18)33-24(14-19)36-10-9-20(32)16-36/h2-6,11-15,18,20,26,38H,7-10,16,32H2,1H3,(H,33,34,39)/t20?,26-,29?/m0/s1. The maximum atomic E-state index is 16.2. The van der Waals surface area contributed by atoms with Crippen molar-refractivity contribution in [3.05, 3.63) is 88.4 Å². The summed E-state index contributed by atoms with van der Waals surface area (Å²) in [5, 5.41) is 14.8. The Bertz CT molecular complexity index is 1590. The number of alkyl halides is 1. The summed E-state index contributed by atoms with van der Waals surface area (Å²) in [7, 11) is 1.55. The number of aryl methyl sites for hydroxylation is 1. The van der Waals surface area contributed by atoms with E-state index in [0.29, 0.717) is 24.5 Å². The van der Waals surface area contributed by atoms with Gasteiger partial charge in [0.15, 0.2) is 0 Å². The van der Waals surface area contributed by atoms with Gasteiger partial charge in [0.2, 0.25) is 5.91 Å². The molecule has 2 aromatic heterocycles. The minimum absolute atomic E-state index is 0.0522. The molecule has 2 aliphatic carbocycles. The summed E-state index contributed by atoms with van der Waals surface area (Å²) >= 11 is 7.42. The second-order valence-corrected chi connectivity index (χ2v) is 11.3. The Balaban J connectivity index is 1.56. The quantitative estimate of drug-likeness (QED) is 0.396. The first kappa shape index (κ1) is 26.5. The highest BCUT2D eigenvalue weighted by Gasteiger charge is 2.50. The Hall–Kier alpha value is -3.73. The van der Waals surface area contributed by atoms with Gasteiger partial charge in [-0.25, -0.2) is 14.2 Å². The predicted molar refractivity (Wildman–Crippen MR) is 152 cm³/mol. The number of imidazole rings is 1. The first-order chi connectivity index (χ1) is 19.2. The molecule has 1 aromatic carbocycles. The molecular weight excluding hydrogens is 535 g/mol. The van der Waals surface area contributed by atoms with Gasteiger partial charge in [-0.1, -0.05) is 30.3 Å². The molecule has 1 saturated heterocycles. The lowest BCUT2D eigenvalue weighted by Gasteiger charge is -2.39. The first-order valence-electron chi connectivity index (χ1n) is 13.3. The molecule has 208 valence electrons. The van der Waals surface area contributed by atoms with Crippen LogP contribution < -0.4 is 21.6 Å². The molecule has 1 aliphatic heterocycles. The third kappa shape index (κ3) is 4.55. The number of anilines is 2. The molecule has 0 radical (unpaired) electrons. The van der Waals surface area contributed by atoms with E-state index < -0.39 is 22.5 Å². The summed E-state index contributed by atoms with van der Waals surface area (Å²) in [6, 6.07) is 12.1. The van der Waals surface area contributed by atoms with Gasteiger partial charge < -0.3 is 25.6 Å². The number of allylic oxidation sites excluding steroid dienone is 2. The molecule has 9 nitrogen and oxygen atoms in total. The van der Waals surface area contributed by atoms with Crippen molar-refractivity contribution < 1.29 is 14.3 Å². The van der Waals surface area contributed by atoms with Gasteiger partial charge >= 0.3 is 5.69 Å². The van der Waals surface area contributed by atoms with Crippen molar-refractivity contribution in [1.82, 2.24) is 14.1 Å². The predicted octanol–water partition coefficient (Wildman–Crippen LogP) is 3.20. The number of halogens is 2. The van der Waals surface area contributed by atoms with E-state index in [-0.39, 0.29) is 40.5 Å². The number of carbonyl (C=O) groups is 1. The molecule has 3 atom stereocenters. The zero-order valence-corrected chi connectivity index (χ0v) is 22.7. The minimum atomic E-state index is -1.96. The molecule has 40 heavy (non-hydrogen) atoms. The van der Waals surface area contributed by atoms with Gasteiger partial charge in [-0.3, -0.25) is 9.36 Å². The number of aliphatic hydroxyl groups is 1. The van der Waals surface area contributed by atoms with Crippen LogP contribution >= 0.6 is 11.6 Å². The van der Waals surface area contributed by atoms with E-state index in [9.17, 15) is 14.7 Å². The SMILES string of the molecule is Cn1ccn(C2=C(F)C=C(c3ccccc3)[C@H](O)C2(Cl)c2cc(NC(=O)C3CC3)nc(N3CCC(N)C3)c2)c1=O. The largest absolute Gasteiger partial charge is 0.386 e. The average Bonchev–Trinajstić information content (AvgIpc) is 3.64. The minimum Gasteiger partial charge on any atom is -0.386 e. The summed E-state index contributed by atoms with van der Waals surface area (Å²) in [6.07, 6.45) is 5.02. The van der Waals surface area contributed by atoms with Crippen LogP contribution in [0.2, 0.25) is 0 Å². The second-order valence-electron chi connectivity index (χ2n) is 10.7. The lowest BCUT2D eigenvalue weighted by Crippen LogP contribution is -2.43. The zero-order chi connectivity index (χ0) is 28.2. The van der Waals surface area contributed by atoms with Gasteiger partial charge in [-0.2, -0.15) is 0 Å². The molecule has 2 fully saturated rings. The van der Waals surface area contributed by atoms with Crippen molar-refractivity contribution in [2.45, 2.75) is 36.3 Å². The van der Waals surface area contributed by atoms with E-state index in [1.54, 1.807) is 43.4 Å². The van der Waals surface area contributed by atoms with Crippen LogP contribution in [0.1, 0.15) is 30.4 Å². The fourth-order valence-corrected chi connectivity index (χ4v) is 5.82. The Morgan fingerprint density at radius 2 is 1.95 bits per heavy atom. The Labute approximate surface area is 235 Å². The fraction of sp³-hybridized carbons (Fsp3) is 0.345. The molecule has 3 aromatic rings. The number of amides is 1. The van der Waals surface area contributed by atoms with Gasteiger partial charge in [0.1, 0.15) is 28.4 Å². The molecule has 4 N–H and O–H groups in total. The van der Waals surface area contributed by atoms with Crippen molar-refractivity contribution in [1.29, 1.82) is 0 Å². The Morgan fingerprint density at radius 1 is 1.20 bits per heavy atom. The highest BCUT2D eigenvalue weighted by Crippen LogP contribution is 2.52. The van der Waals surface area contributed by atoms with E-state index >= 15 is 4.39 Å². The Morgan fingerprint density at radius 3 is 2.58 bits per heavy atom. The van der Waals surface area contributed by atoms with Gasteiger partial charge in [-0.05, 0) is 54.2 Å². The lowest BCUT2D eigenvalue weighted by atomic mass is 9.79. The first-order valence-corrected chi connectivity index (χ1v) is 13.7. The number of rotatable bonds is 6. The van der Waals surface area contributed by atoms with Crippen LogP contribution in [0.25, 0.3) is 11.3 Å². The van der Waals surface area contributed by atoms with E-state index in [0.717, 1.165) is 23.8 Å². The molecular formula is C29H30ClFN6O3. The van der Waals surface area contributed by atoms with Crippen LogP contribution in [0.3, 0.4) is 0 Å². The lowest BCUT2D eigenvalue weighted by molar-refractivity contribution is -0.117. The number of hydrogen-bond donors (Lipinski definition) is 3. The number of nitrogens with two attached hydrogens (primary N) is 1. The van der Waals surface area contributed by atoms with Crippen molar-refractivity contribution >= 4 is 40.4 Å². The molecule has 3 heterocycles. The summed E-state index contributed by atoms with van der Waals surface area (Å²) < 4.78 is 18.6. The van der Waals surface area contributed by atoms with E-state index in [2.05, 4.69) is 10.3 Å². The maximum Gasteiger partial charge on any atom is 0.332 e. The number of nitrogens with one attached hydrogen (secondary N) is 1. The molecule has 0 spiro atoms. The molecule has 0 bridgehead atoms. The number of pyridine rings is 1. The second kappa shape index (κ2) is 10.0. The molecule has 1 amide bonds. The highest BCUT2D eigenvalue weighted by atomic mass is 35.5. The summed E-state index contributed by atoms with van der Waals surface area (Å²) in [5.41, 5.74) is 6.53. The number of carbonyl (C=O) groups excluding carboxylic acids is 1. The summed E-state index contributed by atoms with van der Waals surface area (Å²) in [6.45, 7) is 1.17. The van der Waals surface area contributed by atoms with Crippen molar-refractivity contribution in [3.63, 3.8) is 0 Å². The van der Waals surface area contributed by atoms with Crippen LogP contribution in [0.15, 0.2) is 71.6 Å². The Kier molecular flexibility index (Phi) is 6.64. The topological polar surface area (TPSA) is 118 Å². The van der Waals surface area contributed by atoms with Crippen LogP contribution in [0.4, 0.5) is 16.0 Å². The fourth-order valence-electron chi connectivity index (χ4n) is 5.41. The molecule has 11 heteroatoms. The van der Waals surface area contributed by atoms with E-state index in [1.165, 1.54) is 23.0 Å². The van der Waals surface area contributed by atoms with Crippen molar-refractivity contribution in [3.8, 4) is 0 Å². The van der Waals surface area contributed by atoms with Crippen LogP contribution in [-0.2, 0) is 16.7 Å². The van der Waals surface area contributed by atoms with E-state index in [1.807, 2.05) is 11.0 Å². The smallest absolute Gasteiger partial charge is 0.332 e. The third-order valence-electron chi connectivity index (χ3n) is 7.80. The zero-order valence-electron chi connectivity index (χ0n) is 21.9. The van der Waals surface area contributed by atoms with Crippen LogP contribution in [0, 0.1) is 5.92 Å². The van der Waals surface area contributed by atoms with Crippen molar-refractivity contribution in [2.24, 2.45) is 18.7 Å². The van der Waals surface area contributed by atoms with Gasteiger partial charge in [0, 0.05) is 44.5 Å². The number of benzene rings is 1. The number of nitrogens with zero attached hydrogens (tertiary/aromatic N) is 4. The van der Waals surface area contributed by atoms with Gasteiger partial charge in [0.05, 0.1) is 5.70 Å². The van der Waals surface area contributed by atoms with E-state index in [4.69, 9.17) is 17.3 Å². The summed E-state index contributed by atoms with van der Waals surface area (Å²) in [4.78, 5) is 30.5. The molecule has 2 unspecified atom stereocenters. The molecule has 1 saturated carbocycles. The van der Waals surface area contributed by atoms with Gasteiger partial charge in [0.25, 0.3) is 0 Å². The average molecular weight is 565 g/mol. The molecule has 3 aliphatic rings. The number of hydrogen-bond acceptors (Lipinski definition) is 6. The number of aromatic nitrogens is 3. The maximum absolute atomic E-state index is 16.2. The molecule has 6 rings (SSSR count). The summed E-state index contributed by atoms with van der Waals surface area (Å²) in [5.74, 6) is -0.291. The van der Waals surface area contributed by atoms with Crippen LogP contribution in [-0.4, -0.2) is 50.4 Å². The highest BCUT2D eigenvalue weighted by molar-refractivity contribution is 6.31. The van der Waals surface area contributed by atoms with Crippen molar-refractivity contribution in [2.75, 3.05) is 23.3 Å². The van der Waals surface area contributed by atoms with Gasteiger partial charge in [-0.15, -0.1) is 11.6 Å². The normalized spacial score (nSPS) is 24.8. The van der Waals surface area contributed by atoms with Crippen LogP contribution in [0.5, 0.6) is 0 Å². The number of aliphatic hydroxyl groups excluding tert-OH is 1. The monoisotopic (exact) mass is 564 g/mol. The third-order valence-corrected chi connectivity index (χ3v) is 8.40.